The average Bonchev–Trinajstić information content (AvgIpc) is 2.40. The number of methoxy groups -OCH3 is 1. The van der Waals surface area contributed by atoms with Crippen LogP contribution in [0.4, 0.5) is 0 Å². The summed E-state index contributed by atoms with van der Waals surface area (Å²) < 4.78 is 11.4. The lowest BCUT2D eigenvalue weighted by atomic mass is 10.1. The van der Waals surface area contributed by atoms with Crippen molar-refractivity contribution < 1.29 is 14.3 Å². The summed E-state index contributed by atoms with van der Waals surface area (Å²) in [7, 11) is 1.60. The second-order valence-electron chi connectivity index (χ2n) is 4.92. The maximum Gasteiger partial charge on any atom is 0.251 e. The van der Waals surface area contributed by atoms with Gasteiger partial charge in [-0.1, -0.05) is 13.8 Å². The van der Waals surface area contributed by atoms with Crippen molar-refractivity contribution in [3.63, 3.8) is 0 Å². The molecule has 0 fully saturated rings. The Bertz CT molecular complexity index is 435. The first kappa shape index (κ1) is 17.0. The number of benzene rings is 1. The lowest BCUT2D eigenvalue weighted by Gasteiger charge is -2.11. The van der Waals surface area contributed by atoms with Crippen LogP contribution in [0.15, 0.2) is 22.7 Å². The van der Waals surface area contributed by atoms with Crippen LogP contribution in [0.3, 0.4) is 0 Å². The fourth-order valence-corrected chi connectivity index (χ4v) is 2.03. The number of hydrogen-bond donors (Lipinski definition) is 1. The van der Waals surface area contributed by atoms with E-state index in [0.717, 1.165) is 16.6 Å². The number of amides is 1. The van der Waals surface area contributed by atoms with Crippen LogP contribution in [0.1, 0.15) is 30.6 Å². The van der Waals surface area contributed by atoms with E-state index >= 15 is 0 Å². The molecular weight excluding hydrogens is 322 g/mol. The molecule has 0 spiro atoms. The Morgan fingerprint density at radius 3 is 2.70 bits per heavy atom. The summed E-state index contributed by atoms with van der Waals surface area (Å²) in [5.41, 5.74) is 0.601. The minimum atomic E-state index is -0.114. The topological polar surface area (TPSA) is 47.6 Å². The van der Waals surface area contributed by atoms with Crippen molar-refractivity contribution >= 4 is 21.8 Å². The Labute approximate surface area is 129 Å². The molecule has 0 saturated heterocycles. The minimum absolute atomic E-state index is 0.114. The fraction of sp³-hybridized carbons (Fsp3) is 0.533. The Hall–Kier alpha value is -1.07. The molecule has 0 heterocycles. The summed E-state index contributed by atoms with van der Waals surface area (Å²) in [6.45, 7) is 6.00. The molecule has 1 aromatic carbocycles. The second kappa shape index (κ2) is 8.97. The molecule has 0 bridgehead atoms. The number of halogens is 1. The fourth-order valence-electron chi connectivity index (χ4n) is 1.53. The molecule has 1 rings (SSSR count). The lowest BCUT2D eigenvalue weighted by Crippen LogP contribution is -2.26. The summed E-state index contributed by atoms with van der Waals surface area (Å²) >= 11 is 3.43. The van der Waals surface area contributed by atoms with Gasteiger partial charge in [0, 0.05) is 19.2 Å². The van der Waals surface area contributed by atoms with E-state index in [1.807, 2.05) is 6.07 Å². The predicted molar refractivity (Wildman–Crippen MR) is 83.3 cm³/mol. The molecule has 0 atom stereocenters. The van der Waals surface area contributed by atoms with Crippen LogP contribution < -0.4 is 10.1 Å². The molecule has 0 aliphatic carbocycles. The van der Waals surface area contributed by atoms with Gasteiger partial charge in [-0.2, -0.15) is 0 Å². The lowest BCUT2D eigenvalue weighted by molar-refractivity contribution is 0.0937. The maximum absolute atomic E-state index is 11.9. The highest BCUT2D eigenvalue weighted by molar-refractivity contribution is 9.10. The van der Waals surface area contributed by atoms with E-state index in [1.165, 1.54) is 0 Å². The summed E-state index contributed by atoms with van der Waals surface area (Å²) in [4.78, 5) is 11.9. The third kappa shape index (κ3) is 5.92. The third-order valence-corrected chi connectivity index (χ3v) is 3.36. The summed E-state index contributed by atoms with van der Waals surface area (Å²) in [6, 6.07) is 5.35. The normalized spacial score (nSPS) is 10.7. The Morgan fingerprint density at radius 1 is 1.35 bits per heavy atom. The van der Waals surface area contributed by atoms with Gasteiger partial charge in [-0.15, -0.1) is 0 Å². The minimum Gasteiger partial charge on any atom is -0.492 e. The van der Waals surface area contributed by atoms with Gasteiger partial charge in [0.05, 0.1) is 17.7 Å². The van der Waals surface area contributed by atoms with Crippen molar-refractivity contribution in [2.75, 3.05) is 26.9 Å². The first-order chi connectivity index (χ1) is 9.54. The van der Waals surface area contributed by atoms with Gasteiger partial charge in [0.25, 0.3) is 5.91 Å². The Balaban J connectivity index is 2.56. The Morgan fingerprint density at radius 2 is 2.10 bits per heavy atom. The van der Waals surface area contributed by atoms with Crippen molar-refractivity contribution in [1.29, 1.82) is 0 Å². The quantitative estimate of drug-likeness (QED) is 0.737. The van der Waals surface area contributed by atoms with Crippen LogP contribution in [0.25, 0.3) is 0 Å². The van der Waals surface area contributed by atoms with Crippen LogP contribution in [0, 0.1) is 5.92 Å². The largest absolute Gasteiger partial charge is 0.492 e. The molecule has 20 heavy (non-hydrogen) atoms. The van der Waals surface area contributed by atoms with Gasteiger partial charge in [0.2, 0.25) is 0 Å². The maximum atomic E-state index is 11.9. The molecule has 0 radical (unpaired) electrons. The van der Waals surface area contributed by atoms with Crippen LogP contribution in [0.5, 0.6) is 5.75 Å². The molecule has 0 aromatic heterocycles. The number of hydrogen-bond acceptors (Lipinski definition) is 3. The second-order valence-corrected chi connectivity index (χ2v) is 5.78. The van der Waals surface area contributed by atoms with E-state index in [1.54, 1.807) is 19.2 Å². The average molecular weight is 344 g/mol. The van der Waals surface area contributed by atoms with Crippen molar-refractivity contribution in [2.45, 2.75) is 20.3 Å². The van der Waals surface area contributed by atoms with Crippen LogP contribution >= 0.6 is 15.9 Å². The van der Waals surface area contributed by atoms with Gasteiger partial charge in [0.1, 0.15) is 5.75 Å². The summed E-state index contributed by atoms with van der Waals surface area (Å²) in [6.07, 6.45) is 1.01. The zero-order valence-corrected chi connectivity index (χ0v) is 13.8. The zero-order chi connectivity index (χ0) is 15.0. The molecule has 112 valence electrons. The first-order valence-corrected chi connectivity index (χ1v) is 7.53. The molecule has 1 amide bonds. The van der Waals surface area contributed by atoms with Gasteiger partial charge in [-0.25, -0.2) is 0 Å². The number of ether oxygens (including phenoxy) is 2. The molecule has 0 aliphatic rings. The smallest absolute Gasteiger partial charge is 0.251 e. The van der Waals surface area contributed by atoms with Gasteiger partial charge >= 0.3 is 0 Å². The molecule has 0 saturated carbocycles. The monoisotopic (exact) mass is 343 g/mol. The van der Waals surface area contributed by atoms with Crippen LogP contribution in [-0.4, -0.2) is 32.8 Å². The van der Waals surface area contributed by atoms with E-state index in [2.05, 4.69) is 35.1 Å². The molecule has 1 N–H and O–H groups in total. The highest BCUT2D eigenvalue weighted by Gasteiger charge is 2.09. The van der Waals surface area contributed by atoms with Crippen molar-refractivity contribution in [2.24, 2.45) is 5.92 Å². The molecule has 4 nitrogen and oxygen atoms in total. The van der Waals surface area contributed by atoms with E-state index in [0.29, 0.717) is 31.2 Å². The number of nitrogens with one attached hydrogen (secondary N) is 1. The van der Waals surface area contributed by atoms with Crippen molar-refractivity contribution in [3.05, 3.63) is 28.2 Å². The van der Waals surface area contributed by atoms with Gasteiger partial charge in [0.15, 0.2) is 0 Å². The highest BCUT2D eigenvalue weighted by Crippen LogP contribution is 2.26. The third-order valence-electron chi connectivity index (χ3n) is 2.74. The number of rotatable bonds is 8. The molecule has 5 heteroatoms. The van der Waals surface area contributed by atoms with Crippen LogP contribution in [0.2, 0.25) is 0 Å². The van der Waals surface area contributed by atoms with Crippen molar-refractivity contribution in [1.82, 2.24) is 5.32 Å². The van der Waals surface area contributed by atoms with Crippen LogP contribution in [-0.2, 0) is 4.74 Å². The molecule has 0 aliphatic heterocycles. The summed E-state index contributed by atoms with van der Waals surface area (Å²) in [5.74, 6) is 1.26. The van der Waals surface area contributed by atoms with Gasteiger partial charge < -0.3 is 14.8 Å². The molecule has 0 unspecified atom stereocenters. The SMILES string of the molecule is COCCNC(=O)c1ccc(OCCC(C)C)c(Br)c1. The highest BCUT2D eigenvalue weighted by atomic mass is 79.9. The standard InChI is InChI=1S/C15H22BrNO3/c1-11(2)6-8-20-14-5-4-12(10-13(14)16)15(18)17-7-9-19-3/h4-5,10-11H,6-9H2,1-3H3,(H,17,18). The first-order valence-electron chi connectivity index (χ1n) is 6.74. The van der Waals surface area contributed by atoms with E-state index in [9.17, 15) is 4.79 Å². The number of carbonyl (C=O) groups is 1. The van der Waals surface area contributed by atoms with Gasteiger partial charge in [-0.05, 0) is 46.5 Å². The zero-order valence-electron chi connectivity index (χ0n) is 12.2. The van der Waals surface area contributed by atoms with E-state index < -0.39 is 0 Å². The number of carbonyl (C=O) groups excluding carboxylic acids is 1. The van der Waals surface area contributed by atoms with Gasteiger partial charge in [-0.3, -0.25) is 4.79 Å². The predicted octanol–water partition coefficient (Wildman–Crippen LogP) is 3.25. The molecule has 1 aromatic rings. The Kier molecular flexibility index (Phi) is 7.62. The van der Waals surface area contributed by atoms with E-state index in [4.69, 9.17) is 9.47 Å². The molecular formula is C15H22BrNO3. The van der Waals surface area contributed by atoms with Crippen molar-refractivity contribution in [3.8, 4) is 5.75 Å². The van der Waals surface area contributed by atoms with E-state index in [-0.39, 0.29) is 5.91 Å². The summed E-state index contributed by atoms with van der Waals surface area (Å²) in [5, 5.41) is 2.78.